The Morgan fingerprint density at radius 2 is 2.41 bits per heavy atom. The maximum atomic E-state index is 13.0. The van der Waals surface area contributed by atoms with Crippen LogP contribution in [0.2, 0.25) is 0 Å². The van der Waals surface area contributed by atoms with E-state index in [0.29, 0.717) is 5.13 Å². The number of hydrogen-bond acceptors (Lipinski definition) is 4. The van der Waals surface area contributed by atoms with Crippen LogP contribution in [0.5, 0.6) is 5.75 Å². The number of nitrogens with two attached hydrogens (primary N) is 1. The summed E-state index contributed by atoms with van der Waals surface area (Å²) in [5, 5.41) is 0.571. The first-order valence-corrected chi connectivity index (χ1v) is 6.17. The minimum absolute atomic E-state index is 0.0617. The van der Waals surface area contributed by atoms with Crippen molar-refractivity contribution in [3.63, 3.8) is 0 Å². The summed E-state index contributed by atoms with van der Waals surface area (Å²) < 4.78 is 18.8. The Kier molecular flexibility index (Phi) is 2.48. The van der Waals surface area contributed by atoms with Gasteiger partial charge in [-0.2, -0.15) is 0 Å². The second kappa shape index (κ2) is 4.00. The first-order chi connectivity index (χ1) is 8.20. The van der Waals surface area contributed by atoms with Crippen LogP contribution in [0.4, 0.5) is 9.52 Å². The second-order valence-electron chi connectivity index (χ2n) is 4.06. The van der Waals surface area contributed by atoms with Crippen LogP contribution in [0.25, 0.3) is 0 Å². The number of anilines is 1. The van der Waals surface area contributed by atoms with Crippen molar-refractivity contribution in [2.24, 2.45) is 0 Å². The van der Waals surface area contributed by atoms with Gasteiger partial charge < -0.3 is 10.5 Å². The Morgan fingerprint density at radius 3 is 3.18 bits per heavy atom. The lowest BCUT2D eigenvalue weighted by Crippen LogP contribution is -2.15. The molecule has 1 aliphatic rings. The predicted molar refractivity (Wildman–Crippen MR) is 64.8 cm³/mol. The van der Waals surface area contributed by atoms with Crippen LogP contribution in [-0.2, 0) is 12.8 Å². The van der Waals surface area contributed by atoms with Crippen LogP contribution in [0.15, 0.2) is 24.4 Å². The van der Waals surface area contributed by atoms with Crippen molar-refractivity contribution in [2.75, 3.05) is 5.73 Å². The molecular formula is C12H11FN2OS. The summed E-state index contributed by atoms with van der Waals surface area (Å²) in [5.74, 6) is 0.573. The van der Waals surface area contributed by atoms with Crippen LogP contribution < -0.4 is 10.5 Å². The molecule has 17 heavy (non-hydrogen) atoms. The van der Waals surface area contributed by atoms with Crippen molar-refractivity contribution in [3.05, 3.63) is 40.7 Å². The number of aromatic nitrogens is 1. The number of nitrogens with zero attached hydrogens (tertiary/aromatic N) is 1. The lowest BCUT2D eigenvalue weighted by atomic mass is 10.1. The van der Waals surface area contributed by atoms with E-state index in [2.05, 4.69) is 4.98 Å². The van der Waals surface area contributed by atoms with Gasteiger partial charge in [0.2, 0.25) is 0 Å². The highest BCUT2D eigenvalue weighted by molar-refractivity contribution is 7.15. The van der Waals surface area contributed by atoms with Crippen LogP contribution in [0.3, 0.4) is 0 Å². The van der Waals surface area contributed by atoms with Crippen molar-refractivity contribution < 1.29 is 9.13 Å². The molecule has 0 saturated heterocycles. The number of benzene rings is 1. The molecule has 3 nitrogen and oxygen atoms in total. The average molecular weight is 250 g/mol. The van der Waals surface area contributed by atoms with Gasteiger partial charge in [0.15, 0.2) is 5.13 Å². The standard InChI is InChI=1S/C12H11FN2OS/c13-8-1-2-11-7(3-8)4-9(16-11)5-10-6-15-12(14)17-10/h1-3,6,9H,4-5H2,(H2,14,15). The van der Waals surface area contributed by atoms with Gasteiger partial charge in [-0.25, -0.2) is 9.37 Å². The van der Waals surface area contributed by atoms with Gasteiger partial charge in [0, 0.05) is 29.5 Å². The Hall–Kier alpha value is -1.62. The molecule has 1 aromatic heterocycles. The molecule has 5 heteroatoms. The van der Waals surface area contributed by atoms with Gasteiger partial charge in [0.05, 0.1) is 0 Å². The van der Waals surface area contributed by atoms with Crippen LogP contribution in [0, 0.1) is 5.82 Å². The first kappa shape index (κ1) is 10.5. The molecule has 88 valence electrons. The highest BCUT2D eigenvalue weighted by atomic mass is 32.1. The molecule has 2 aromatic rings. The second-order valence-corrected chi connectivity index (χ2v) is 5.21. The minimum atomic E-state index is -0.213. The van der Waals surface area contributed by atoms with Gasteiger partial charge in [-0.3, -0.25) is 0 Å². The molecule has 1 atom stereocenters. The van der Waals surface area contributed by atoms with Gasteiger partial charge >= 0.3 is 0 Å². The van der Waals surface area contributed by atoms with Gasteiger partial charge in [0.1, 0.15) is 17.7 Å². The van der Waals surface area contributed by atoms with Gasteiger partial charge in [-0.05, 0) is 18.2 Å². The van der Waals surface area contributed by atoms with E-state index in [1.165, 1.54) is 23.5 Å². The minimum Gasteiger partial charge on any atom is -0.489 e. The van der Waals surface area contributed by atoms with Gasteiger partial charge in [-0.15, -0.1) is 11.3 Å². The topological polar surface area (TPSA) is 48.1 Å². The van der Waals surface area contributed by atoms with E-state index < -0.39 is 0 Å². The summed E-state index contributed by atoms with van der Waals surface area (Å²) >= 11 is 1.47. The summed E-state index contributed by atoms with van der Waals surface area (Å²) in [6.45, 7) is 0. The van der Waals surface area contributed by atoms with E-state index in [4.69, 9.17) is 10.5 Å². The molecule has 2 heterocycles. The van der Waals surface area contributed by atoms with Gasteiger partial charge in [0.25, 0.3) is 0 Å². The normalized spacial score (nSPS) is 17.8. The van der Waals surface area contributed by atoms with Crippen molar-refractivity contribution in [2.45, 2.75) is 18.9 Å². The number of thiazole rings is 1. The number of halogens is 1. The van der Waals surface area contributed by atoms with Crippen molar-refractivity contribution in [1.29, 1.82) is 0 Å². The van der Waals surface area contributed by atoms with E-state index >= 15 is 0 Å². The molecule has 1 aliphatic heterocycles. The van der Waals surface area contributed by atoms with E-state index in [1.807, 2.05) is 0 Å². The highest BCUT2D eigenvalue weighted by Gasteiger charge is 2.24. The Balaban J connectivity index is 1.74. The van der Waals surface area contributed by atoms with E-state index in [9.17, 15) is 4.39 Å². The number of fused-ring (bicyclic) bond motifs is 1. The Bertz CT molecular complexity index is 553. The van der Waals surface area contributed by atoms with Crippen molar-refractivity contribution >= 4 is 16.5 Å². The molecule has 0 radical (unpaired) electrons. The monoisotopic (exact) mass is 250 g/mol. The molecule has 0 fully saturated rings. The van der Waals surface area contributed by atoms with E-state index in [1.54, 1.807) is 12.3 Å². The molecule has 0 aliphatic carbocycles. The number of nitrogen functional groups attached to an aromatic ring is 1. The van der Waals surface area contributed by atoms with E-state index in [-0.39, 0.29) is 11.9 Å². The quantitative estimate of drug-likeness (QED) is 0.890. The number of rotatable bonds is 2. The van der Waals surface area contributed by atoms with Crippen molar-refractivity contribution in [1.82, 2.24) is 4.98 Å². The van der Waals surface area contributed by atoms with Crippen LogP contribution in [-0.4, -0.2) is 11.1 Å². The SMILES string of the molecule is Nc1ncc(CC2Cc3cc(F)ccc3O2)s1. The third-order valence-electron chi connectivity index (χ3n) is 2.76. The Labute approximate surface area is 102 Å². The summed E-state index contributed by atoms with van der Waals surface area (Å²) in [5.41, 5.74) is 6.51. The fraction of sp³-hybridized carbons (Fsp3) is 0.250. The smallest absolute Gasteiger partial charge is 0.180 e. The summed E-state index contributed by atoms with van der Waals surface area (Å²) in [6, 6.07) is 4.65. The lowest BCUT2D eigenvalue weighted by Gasteiger charge is -2.08. The van der Waals surface area contributed by atoms with Crippen LogP contribution >= 0.6 is 11.3 Å². The Morgan fingerprint density at radius 1 is 1.53 bits per heavy atom. The predicted octanol–water partition coefficient (Wildman–Crippen LogP) is 2.41. The summed E-state index contributed by atoms with van der Waals surface area (Å²) in [7, 11) is 0. The first-order valence-electron chi connectivity index (χ1n) is 5.36. The van der Waals surface area contributed by atoms with Crippen molar-refractivity contribution in [3.8, 4) is 5.75 Å². The molecule has 3 rings (SSSR count). The molecule has 0 bridgehead atoms. The zero-order valence-electron chi connectivity index (χ0n) is 9.02. The molecule has 2 N–H and O–H groups in total. The maximum Gasteiger partial charge on any atom is 0.180 e. The third-order valence-corrected chi connectivity index (χ3v) is 3.61. The molecule has 0 saturated carbocycles. The average Bonchev–Trinajstić information content (AvgIpc) is 2.84. The maximum absolute atomic E-state index is 13.0. The zero-order valence-corrected chi connectivity index (χ0v) is 9.84. The fourth-order valence-corrected chi connectivity index (χ4v) is 2.79. The zero-order chi connectivity index (χ0) is 11.8. The van der Waals surface area contributed by atoms with Gasteiger partial charge in [-0.1, -0.05) is 0 Å². The summed E-state index contributed by atoms with van der Waals surface area (Å²) in [6.07, 6.45) is 3.34. The lowest BCUT2D eigenvalue weighted by molar-refractivity contribution is 0.234. The third kappa shape index (κ3) is 2.10. The molecule has 1 aromatic carbocycles. The molecule has 0 amide bonds. The fourth-order valence-electron chi connectivity index (χ4n) is 2.04. The largest absolute Gasteiger partial charge is 0.489 e. The highest BCUT2D eigenvalue weighted by Crippen LogP contribution is 2.31. The number of hydrogen-bond donors (Lipinski definition) is 1. The molecule has 1 unspecified atom stereocenters. The van der Waals surface area contributed by atoms with E-state index in [0.717, 1.165) is 29.0 Å². The van der Waals surface area contributed by atoms with Crippen LogP contribution in [0.1, 0.15) is 10.4 Å². The summed E-state index contributed by atoms with van der Waals surface area (Å²) in [4.78, 5) is 5.10. The molecule has 0 spiro atoms. The number of ether oxygens (including phenoxy) is 1. The molecular weight excluding hydrogens is 239 g/mol.